The Morgan fingerprint density at radius 3 is 2.85 bits per heavy atom. The van der Waals surface area contributed by atoms with Crippen LogP contribution in [0.25, 0.3) is 5.78 Å². The molecule has 2 aromatic heterocycles. The van der Waals surface area contributed by atoms with Gasteiger partial charge in [-0.05, 0) is 24.6 Å². The highest BCUT2D eigenvalue weighted by Gasteiger charge is 2.22. The molecular weight excluding hydrogens is 342 g/mol. The molecule has 140 valence electrons. The summed E-state index contributed by atoms with van der Waals surface area (Å²) in [6.07, 6.45) is 6.28. The number of amides is 1. The molecule has 7 heteroatoms. The molecule has 3 aromatic rings. The molecule has 1 saturated heterocycles. The zero-order valence-corrected chi connectivity index (χ0v) is 15.3. The number of hydrogen-bond acceptors (Lipinski definition) is 5. The lowest BCUT2D eigenvalue weighted by Crippen LogP contribution is -2.38. The molecule has 1 atom stereocenters. The van der Waals surface area contributed by atoms with Crippen LogP contribution in [0.5, 0.6) is 0 Å². The van der Waals surface area contributed by atoms with Gasteiger partial charge in [-0.15, -0.1) is 0 Å². The molecule has 1 aliphatic heterocycles. The van der Waals surface area contributed by atoms with Crippen LogP contribution in [0, 0.1) is 0 Å². The Labute approximate surface area is 158 Å². The van der Waals surface area contributed by atoms with Crippen molar-refractivity contribution in [3.05, 3.63) is 60.2 Å². The molecule has 1 fully saturated rings. The Balaban J connectivity index is 1.57. The highest BCUT2D eigenvalue weighted by molar-refractivity contribution is 6.00. The number of morpholine rings is 1. The number of hydrogen-bond donors (Lipinski definition) is 1. The van der Waals surface area contributed by atoms with Gasteiger partial charge in [0.15, 0.2) is 0 Å². The van der Waals surface area contributed by atoms with Crippen molar-refractivity contribution in [2.45, 2.75) is 19.4 Å². The van der Waals surface area contributed by atoms with E-state index < -0.39 is 0 Å². The molecule has 0 spiro atoms. The first-order valence-corrected chi connectivity index (χ1v) is 9.28. The topological polar surface area (TPSA) is 71.8 Å². The molecule has 27 heavy (non-hydrogen) atoms. The van der Waals surface area contributed by atoms with Crippen LogP contribution in [0.2, 0.25) is 0 Å². The number of carbonyl (C=O) groups is 1. The van der Waals surface area contributed by atoms with E-state index in [0.29, 0.717) is 24.6 Å². The van der Waals surface area contributed by atoms with E-state index in [4.69, 9.17) is 4.74 Å². The summed E-state index contributed by atoms with van der Waals surface area (Å²) in [6.45, 7) is 4.99. The average molecular weight is 365 g/mol. The number of fused-ring (bicyclic) bond motifs is 1. The van der Waals surface area contributed by atoms with E-state index in [1.54, 1.807) is 6.20 Å². The molecular formula is C20H23N5O2. The van der Waals surface area contributed by atoms with Crippen molar-refractivity contribution in [2.75, 3.05) is 31.2 Å². The number of imidazole rings is 1. The number of benzene rings is 1. The molecule has 0 unspecified atom stereocenters. The fourth-order valence-electron chi connectivity index (χ4n) is 3.38. The predicted molar refractivity (Wildman–Crippen MR) is 103 cm³/mol. The Morgan fingerprint density at radius 2 is 2.07 bits per heavy atom. The van der Waals surface area contributed by atoms with Gasteiger partial charge in [0, 0.05) is 37.4 Å². The largest absolute Gasteiger partial charge is 0.378 e. The number of nitrogens with zero attached hydrogens (tertiary/aromatic N) is 4. The third kappa shape index (κ3) is 3.64. The molecule has 0 saturated carbocycles. The van der Waals surface area contributed by atoms with Crippen molar-refractivity contribution in [3.63, 3.8) is 0 Å². The molecule has 1 amide bonds. The Bertz CT molecular complexity index is 900. The molecule has 0 aliphatic carbocycles. The van der Waals surface area contributed by atoms with Crippen LogP contribution >= 0.6 is 0 Å². The van der Waals surface area contributed by atoms with Gasteiger partial charge in [-0.3, -0.25) is 9.20 Å². The molecule has 1 N–H and O–H groups in total. The lowest BCUT2D eigenvalue weighted by molar-refractivity contribution is 0.0933. The number of para-hydroxylation sites is 1. The van der Waals surface area contributed by atoms with Crippen LogP contribution in [0.1, 0.15) is 35.4 Å². The summed E-state index contributed by atoms with van der Waals surface area (Å²) < 4.78 is 7.30. The lowest BCUT2D eigenvalue weighted by atomic mass is 10.1. The number of ether oxygens (including phenoxy) is 1. The van der Waals surface area contributed by atoms with Crippen molar-refractivity contribution in [3.8, 4) is 0 Å². The second kappa shape index (κ2) is 7.75. The van der Waals surface area contributed by atoms with Gasteiger partial charge in [-0.25, -0.2) is 9.97 Å². The standard InChI is InChI=1S/C20H23N5O2/c1-2-16(17-14-25-9-5-8-21-20(25)23-17)22-19(26)15-6-3-4-7-18(15)24-10-12-27-13-11-24/h3-9,14,16H,2,10-13H2,1H3,(H,22,26)/t16-/m0/s1. The minimum Gasteiger partial charge on any atom is -0.378 e. The molecule has 0 radical (unpaired) electrons. The molecule has 1 aliphatic rings. The maximum atomic E-state index is 13.0. The van der Waals surface area contributed by atoms with E-state index in [0.717, 1.165) is 30.9 Å². The van der Waals surface area contributed by atoms with E-state index in [1.165, 1.54) is 0 Å². The highest BCUT2D eigenvalue weighted by atomic mass is 16.5. The van der Waals surface area contributed by atoms with E-state index >= 15 is 0 Å². The Morgan fingerprint density at radius 1 is 1.26 bits per heavy atom. The summed E-state index contributed by atoms with van der Waals surface area (Å²) >= 11 is 0. The van der Waals surface area contributed by atoms with Gasteiger partial charge >= 0.3 is 0 Å². The smallest absolute Gasteiger partial charge is 0.253 e. The van der Waals surface area contributed by atoms with Crippen LogP contribution < -0.4 is 10.2 Å². The zero-order valence-electron chi connectivity index (χ0n) is 15.3. The second-order valence-corrected chi connectivity index (χ2v) is 6.54. The average Bonchev–Trinajstić information content (AvgIpc) is 3.16. The Kier molecular flexibility index (Phi) is 5.02. The third-order valence-electron chi connectivity index (χ3n) is 4.83. The Hall–Kier alpha value is -2.93. The van der Waals surface area contributed by atoms with Gasteiger partial charge in [0.2, 0.25) is 5.78 Å². The summed E-state index contributed by atoms with van der Waals surface area (Å²) in [7, 11) is 0. The van der Waals surface area contributed by atoms with Gasteiger partial charge in [-0.1, -0.05) is 19.1 Å². The molecule has 3 heterocycles. The van der Waals surface area contributed by atoms with E-state index in [9.17, 15) is 4.79 Å². The first-order valence-electron chi connectivity index (χ1n) is 9.28. The monoisotopic (exact) mass is 365 g/mol. The van der Waals surface area contributed by atoms with E-state index in [1.807, 2.05) is 54.0 Å². The van der Waals surface area contributed by atoms with E-state index in [2.05, 4.69) is 20.2 Å². The highest BCUT2D eigenvalue weighted by Crippen LogP contribution is 2.23. The quantitative estimate of drug-likeness (QED) is 0.752. The predicted octanol–water partition coefficient (Wildman–Crippen LogP) is 2.45. The van der Waals surface area contributed by atoms with Crippen LogP contribution in [0.3, 0.4) is 0 Å². The van der Waals surface area contributed by atoms with E-state index in [-0.39, 0.29) is 11.9 Å². The van der Waals surface area contributed by atoms with Crippen molar-refractivity contribution < 1.29 is 9.53 Å². The summed E-state index contributed by atoms with van der Waals surface area (Å²) in [4.78, 5) is 24.1. The molecule has 4 rings (SSSR count). The lowest BCUT2D eigenvalue weighted by Gasteiger charge is -2.30. The summed E-state index contributed by atoms with van der Waals surface area (Å²) in [5.74, 6) is 0.544. The fourth-order valence-corrected chi connectivity index (χ4v) is 3.38. The zero-order chi connectivity index (χ0) is 18.6. The first-order chi connectivity index (χ1) is 13.3. The number of anilines is 1. The normalized spacial score (nSPS) is 15.7. The SMILES string of the molecule is CC[C@H](NC(=O)c1ccccc1N1CCOCC1)c1cn2cccnc2n1. The van der Waals surface area contributed by atoms with Crippen molar-refractivity contribution in [2.24, 2.45) is 0 Å². The first kappa shape index (κ1) is 17.5. The summed E-state index contributed by atoms with van der Waals surface area (Å²) in [6, 6.07) is 9.42. The fraction of sp³-hybridized carbons (Fsp3) is 0.350. The van der Waals surface area contributed by atoms with Crippen molar-refractivity contribution >= 4 is 17.4 Å². The van der Waals surface area contributed by atoms with Crippen LogP contribution in [0.15, 0.2) is 48.9 Å². The van der Waals surface area contributed by atoms with Crippen LogP contribution in [-0.4, -0.2) is 46.6 Å². The summed E-state index contributed by atoms with van der Waals surface area (Å²) in [5.41, 5.74) is 2.44. The minimum atomic E-state index is -0.169. The molecule has 1 aromatic carbocycles. The third-order valence-corrected chi connectivity index (χ3v) is 4.83. The summed E-state index contributed by atoms with van der Waals surface area (Å²) in [5, 5.41) is 3.14. The maximum absolute atomic E-state index is 13.0. The van der Waals surface area contributed by atoms with Crippen molar-refractivity contribution in [1.82, 2.24) is 19.7 Å². The minimum absolute atomic E-state index is 0.0889. The second-order valence-electron chi connectivity index (χ2n) is 6.54. The van der Waals surface area contributed by atoms with Gasteiger partial charge < -0.3 is 15.0 Å². The molecule has 0 bridgehead atoms. The van der Waals surface area contributed by atoms with Gasteiger partial charge in [-0.2, -0.15) is 0 Å². The maximum Gasteiger partial charge on any atom is 0.253 e. The number of carbonyl (C=O) groups excluding carboxylic acids is 1. The number of nitrogens with one attached hydrogen (secondary N) is 1. The number of rotatable bonds is 5. The molecule has 7 nitrogen and oxygen atoms in total. The van der Waals surface area contributed by atoms with Crippen LogP contribution in [-0.2, 0) is 4.74 Å². The van der Waals surface area contributed by atoms with Crippen molar-refractivity contribution in [1.29, 1.82) is 0 Å². The van der Waals surface area contributed by atoms with Gasteiger partial charge in [0.05, 0.1) is 30.5 Å². The van der Waals surface area contributed by atoms with Gasteiger partial charge in [0.25, 0.3) is 5.91 Å². The number of aromatic nitrogens is 3. The van der Waals surface area contributed by atoms with Crippen LogP contribution in [0.4, 0.5) is 5.69 Å². The van der Waals surface area contributed by atoms with Gasteiger partial charge in [0.1, 0.15) is 0 Å².